The molecular weight excluding hydrogens is 286 g/mol. The van der Waals surface area contributed by atoms with E-state index >= 15 is 0 Å². The summed E-state index contributed by atoms with van der Waals surface area (Å²) in [4.78, 5) is 18.4. The molecule has 1 unspecified atom stereocenters. The van der Waals surface area contributed by atoms with Gasteiger partial charge < -0.3 is 13.8 Å². The number of hydrogen-bond donors (Lipinski definition) is 1. The number of amides is 1. The van der Waals surface area contributed by atoms with Crippen LogP contribution in [0.5, 0.6) is 0 Å². The number of aromatic amines is 1. The fraction of sp³-hybridized carbons (Fsp3) is 0.286. The number of likely N-dealkylation sites (tertiary alicyclic amines) is 1. The van der Waals surface area contributed by atoms with Crippen LogP contribution in [0.1, 0.15) is 28.7 Å². The lowest BCUT2D eigenvalue weighted by Crippen LogP contribution is -2.28. The normalized spacial score (nSPS) is 18.0. The van der Waals surface area contributed by atoms with Gasteiger partial charge in [-0.25, -0.2) is 0 Å². The molecule has 0 radical (unpaired) electrons. The number of nitrogens with zero attached hydrogens (tertiary/aromatic N) is 4. The molecule has 4 rings (SSSR count). The predicted octanol–water partition coefficient (Wildman–Crippen LogP) is 1.68. The van der Waals surface area contributed by atoms with Crippen molar-refractivity contribution in [2.75, 3.05) is 13.1 Å². The van der Waals surface area contributed by atoms with Gasteiger partial charge >= 0.3 is 0 Å². The maximum absolute atomic E-state index is 12.3. The first-order chi connectivity index (χ1) is 10.8. The zero-order valence-electron chi connectivity index (χ0n) is 11.6. The minimum atomic E-state index is -0.0604. The quantitative estimate of drug-likeness (QED) is 0.789. The Balaban J connectivity index is 1.48. The summed E-state index contributed by atoms with van der Waals surface area (Å²) in [6.45, 7) is 1.22. The van der Waals surface area contributed by atoms with Gasteiger partial charge in [-0.1, -0.05) is 5.16 Å². The van der Waals surface area contributed by atoms with Crippen molar-refractivity contribution in [3.63, 3.8) is 0 Å². The number of aromatic nitrogens is 4. The Morgan fingerprint density at radius 3 is 3.14 bits per heavy atom. The van der Waals surface area contributed by atoms with Gasteiger partial charge in [0.1, 0.15) is 5.69 Å². The molecule has 0 aromatic carbocycles. The molecule has 0 bridgehead atoms. The summed E-state index contributed by atoms with van der Waals surface area (Å²) in [7, 11) is 0. The lowest BCUT2D eigenvalue weighted by Gasteiger charge is -2.14. The molecule has 112 valence electrons. The highest BCUT2D eigenvalue weighted by Crippen LogP contribution is 2.28. The van der Waals surface area contributed by atoms with E-state index in [1.807, 2.05) is 0 Å². The molecule has 1 saturated heterocycles. The van der Waals surface area contributed by atoms with Gasteiger partial charge in [0.05, 0.1) is 6.26 Å². The number of furan rings is 1. The first kappa shape index (κ1) is 12.8. The molecule has 0 spiro atoms. The molecule has 3 aromatic heterocycles. The monoisotopic (exact) mass is 299 g/mol. The van der Waals surface area contributed by atoms with Crippen molar-refractivity contribution in [2.45, 2.75) is 12.3 Å². The molecule has 0 saturated carbocycles. The molecule has 3 aromatic rings. The van der Waals surface area contributed by atoms with Gasteiger partial charge in [-0.05, 0) is 24.6 Å². The highest BCUT2D eigenvalue weighted by Gasteiger charge is 2.31. The van der Waals surface area contributed by atoms with Crippen molar-refractivity contribution in [3.8, 4) is 11.7 Å². The van der Waals surface area contributed by atoms with Crippen molar-refractivity contribution >= 4 is 5.91 Å². The largest absolute Gasteiger partial charge is 0.459 e. The summed E-state index contributed by atoms with van der Waals surface area (Å²) in [6, 6.07) is 5.19. The van der Waals surface area contributed by atoms with E-state index in [2.05, 4.69) is 20.3 Å². The van der Waals surface area contributed by atoms with Gasteiger partial charge in [-0.15, -0.1) is 0 Å². The average molecular weight is 299 g/mol. The van der Waals surface area contributed by atoms with E-state index in [1.165, 1.54) is 0 Å². The first-order valence-corrected chi connectivity index (χ1v) is 6.97. The minimum Gasteiger partial charge on any atom is -0.459 e. The average Bonchev–Trinajstić information content (AvgIpc) is 3.35. The highest BCUT2D eigenvalue weighted by atomic mass is 16.5. The van der Waals surface area contributed by atoms with Gasteiger partial charge in [-0.3, -0.25) is 9.89 Å². The Kier molecular flexibility index (Phi) is 2.99. The van der Waals surface area contributed by atoms with Crippen LogP contribution >= 0.6 is 0 Å². The summed E-state index contributed by atoms with van der Waals surface area (Å²) in [5, 5.41) is 10.5. The number of carbonyl (C=O) groups is 1. The van der Waals surface area contributed by atoms with Crippen LogP contribution in [0, 0.1) is 0 Å². The number of hydrogen-bond acceptors (Lipinski definition) is 6. The third-order valence-corrected chi connectivity index (χ3v) is 3.75. The van der Waals surface area contributed by atoms with E-state index in [9.17, 15) is 4.79 Å². The number of carbonyl (C=O) groups excluding carboxylic acids is 1. The number of rotatable bonds is 3. The van der Waals surface area contributed by atoms with Crippen LogP contribution < -0.4 is 0 Å². The summed E-state index contributed by atoms with van der Waals surface area (Å²) >= 11 is 0. The van der Waals surface area contributed by atoms with E-state index in [1.54, 1.807) is 35.6 Å². The molecule has 1 amide bonds. The molecule has 1 fully saturated rings. The summed E-state index contributed by atoms with van der Waals surface area (Å²) in [5.41, 5.74) is 0.491. The zero-order valence-corrected chi connectivity index (χ0v) is 11.6. The third kappa shape index (κ3) is 2.18. The van der Waals surface area contributed by atoms with Crippen LogP contribution in [0.3, 0.4) is 0 Å². The maximum atomic E-state index is 12.3. The lowest BCUT2D eigenvalue weighted by molar-refractivity contribution is 0.0784. The van der Waals surface area contributed by atoms with Crippen molar-refractivity contribution in [1.82, 2.24) is 25.2 Å². The molecule has 1 aliphatic heterocycles. The highest BCUT2D eigenvalue weighted by molar-refractivity contribution is 5.92. The Morgan fingerprint density at radius 2 is 2.36 bits per heavy atom. The van der Waals surface area contributed by atoms with Crippen LogP contribution in [-0.4, -0.2) is 44.2 Å². The third-order valence-electron chi connectivity index (χ3n) is 3.75. The molecule has 1 aliphatic rings. The lowest BCUT2D eigenvalue weighted by atomic mass is 10.1. The minimum absolute atomic E-state index is 0.0604. The van der Waals surface area contributed by atoms with Gasteiger partial charge in [0.15, 0.2) is 11.6 Å². The SMILES string of the molecule is O=C(c1ccn[nH]1)N1CCC(c2noc(-c3ccco3)n2)C1. The van der Waals surface area contributed by atoms with E-state index in [0.717, 1.165) is 6.42 Å². The van der Waals surface area contributed by atoms with Crippen molar-refractivity contribution in [1.29, 1.82) is 0 Å². The second kappa shape index (κ2) is 5.14. The van der Waals surface area contributed by atoms with Crippen LogP contribution in [0.15, 0.2) is 39.6 Å². The Bertz CT molecular complexity index is 762. The smallest absolute Gasteiger partial charge is 0.293 e. The molecular formula is C14H13N5O3. The van der Waals surface area contributed by atoms with Gasteiger partial charge in [0, 0.05) is 25.2 Å². The van der Waals surface area contributed by atoms with Crippen LogP contribution in [0.4, 0.5) is 0 Å². The van der Waals surface area contributed by atoms with E-state index in [-0.39, 0.29) is 11.8 Å². The van der Waals surface area contributed by atoms with Crippen molar-refractivity contribution in [2.24, 2.45) is 0 Å². The Labute approximate surface area is 125 Å². The standard InChI is InChI=1S/C14H13N5O3/c20-14(10-3-5-15-17-10)19-6-4-9(8-19)12-16-13(22-18-12)11-2-1-7-21-11/h1-3,5,7,9H,4,6,8H2,(H,15,17). The predicted molar refractivity (Wildman–Crippen MR) is 73.8 cm³/mol. The zero-order chi connectivity index (χ0) is 14.9. The van der Waals surface area contributed by atoms with Crippen molar-refractivity contribution in [3.05, 3.63) is 42.2 Å². The van der Waals surface area contributed by atoms with E-state index < -0.39 is 0 Å². The van der Waals surface area contributed by atoms with Crippen LogP contribution in [0.25, 0.3) is 11.7 Å². The van der Waals surface area contributed by atoms with Gasteiger partial charge in [0.25, 0.3) is 11.8 Å². The molecule has 1 N–H and O–H groups in total. The van der Waals surface area contributed by atoms with Crippen LogP contribution in [-0.2, 0) is 0 Å². The van der Waals surface area contributed by atoms with Crippen LogP contribution in [0.2, 0.25) is 0 Å². The summed E-state index contributed by atoms with van der Waals surface area (Å²) in [6.07, 6.45) is 3.92. The van der Waals surface area contributed by atoms with E-state index in [4.69, 9.17) is 8.94 Å². The molecule has 1 atom stereocenters. The second-order valence-corrected chi connectivity index (χ2v) is 5.14. The maximum Gasteiger partial charge on any atom is 0.293 e. The molecule has 22 heavy (non-hydrogen) atoms. The van der Waals surface area contributed by atoms with Gasteiger partial charge in [-0.2, -0.15) is 10.1 Å². The first-order valence-electron chi connectivity index (χ1n) is 6.97. The summed E-state index contributed by atoms with van der Waals surface area (Å²) < 4.78 is 10.4. The fourth-order valence-electron chi connectivity index (χ4n) is 2.60. The molecule has 0 aliphatic carbocycles. The van der Waals surface area contributed by atoms with E-state index in [0.29, 0.717) is 36.3 Å². The molecule has 4 heterocycles. The summed E-state index contributed by atoms with van der Waals surface area (Å²) in [5.74, 6) is 1.51. The number of nitrogens with one attached hydrogen (secondary N) is 1. The number of H-pyrrole nitrogens is 1. The van der Waals surface area contributed by atoms with Crippen molar-refractivity contribution < 1.29 is 13.7 Å². The molecule has 8 heteroatoms. The topological polar surface area (TPSA) is 101 Å². The molecule has 8 nitrogen and oxygen atoms in total. The Hall–Kier alpha value is -2.90. The van der Waals surface area contributed by atoms with Gasteiger partial charge in [0.2, 0.25) is 0 Å². The second-order valence-electron chi connectivity index (χ2n) is 5.14. The fourth-order valence-corrected chi connectivity index (χ4v) is 2.60. The Morgan fingerprint density at radius 1 is 1.41 bits per heavy atom.